The molecule has 3 rings (SSSR count). The molecule has 144 valence electrons. The lowest BCUT2D eigenvalue weighted by Crippen LogP contribution is -2.30. The van der Waals surface area contributed by atoms with Gasteiger partial charge in [0.25, 0.3) is 5.91 Å². The van der Waals surface area contributed by atoms with Crippen LogP contribution in [-0.2, 0) is 0 Å². The normalized spacial score (nSPS) is 11.7. The van der Waals surface area contributed by atoms with Crippen LogP contribution in [0.4, 0.5) is 5.82 Å². The second kappa shape index (κ2) is 8.65. The maximum absolute atomic E-state index is 13.0. The Labute approximate surface area is 166 Å². The van der Waals surface area contributed by atoms with E-state index >= 15 is 0 Å². The van der Waals surface area contributed by atoms with Gasteiger partial charge in [-0.2, -0.15) is 0 Å². The maximum atomic E-state index is 13.0. The Morgan fingerprint density at radius 3 is 2.57 bits per heavy atom. The molecule has 0 unspecified atom stereocenters. The zero-order chi connectivity index (χ0) is 20.1. The molecule has 0 aliphatic rings. The zero-order valence-electron chi connectivity index (χ0n) is 16.8. The van der Waals surface area contributed by atoms with Gasteiger partial charge >= 0.3 is 0 Å². The smallest absolute Gasteiger partial charge is 0.257 e. The summed E-state index contributed by atoms with van der Waals surface area (Å²) in [5.41, 5.74) is 3.61. The van der Waals surface area contributed by atoms with E-state index in [1.54, 1.807) is 6.20 Å². The molecule has 28 heavy (non-hydrogen) atoms. The molecule has 1 aromatic heterocycles. The third kappa shape index (κ3) is 4.36. The Hall–Kier alpha value is -3.21. The van der Waals surface area contributed by atoms with Crippen LogP contribution in [0.15, 0.2) is 60.8 Å². The first-order valence-corrected chi connectivity index (χ1v) is 9.50. The lowest BCUT2D eigenvalue weighted by molar-refractivity contribution is 0.0939. The van der Waals surface area contributed by atoms with Gasteiger partial charge in [0.1, 0.15) is 11.4 Å². The topological polar surface area (TPSA) is 58.1 Å². The molecule has 0 aliphatic heterocycles. The van der Waals surface area contributed by atoms with Crippen LogP contribution in [0.1, 0.15) is 41.4 Å². The van der Waals surface area contributed by atoms with Gasteiger partial charge in [-0.15, -0.1) is 0 Å². The predicted molar refractivity (Wildman–Crippen MR) is 113 cm³/mol. The molecule has 0 aliphatic carbocycles. The van der Waals surface area contributed by atoms with E-state index < -0.39 is 0 Å². The van der Waals surface area contributed by atoms with Crippen LogP contribution in [0, 0.1) is 6.92 Å². The second-order valence-electron chi connectivity index (χ2n) is 6.92. The number of hydrogen-bond acceptors (Lipinski definition) is 4. The Kier molecular flexibility index (Phi) is 6.04. The summed E-state index contributed by atoms with van der Waals surface area (Å²) in [6.07, 6.45) is 1.62. The first-order valence-electron chi connectivity index (χ1n) is 9.50. The van der Waals surface area contributed by atoms with Crippen molar-refractivity contribution in [2.75, 3.05) is 18.5 Å². The molecule has 2 aromatic carbocycles. The minimum atomic E-state index is -0.178. The number of amides is 1. The first-order chi connectivity index (χ1) is 13.5. The van der Waals surface area contributed by atoms with Gasteiger partial charge < -0.3 is 10.2 Å². The highest BCUT2D eigenvalue weighted by atomic mass is 16.1. The number of nitrogens with one attached hydrogen (secondary N) is 1. The zero-order valence-corrected chi connectivity index (χ0v) is 16.8. The molecule has 0 fully saturated rings. The van der Waals surface area contributed by atoms with Crippen LogP contribution in [0.2, 0.25) is 0 Å². The standard InChI is InChI=1S/C23H26N4O/c1-5-27(4)22-20(23(28)25-17(3)18-11-7-6-8-12-18)15-24-21(26-22)19-13-9-10-16(2)14-19/h6-15,17H,5H2,1-4H3,(H,25,28)/t17-/m1/s1. The van der Waals surface area contributed by atoms with Gasteiger partial charge in [0.2, 0.25) is 0 Å². The highest BCUT2D eigenvalue weighted by Crippen LogP contribution is 2.23. The van der Waals surface area contributed by atoms with Crippen molar-refractivity contribution in [3.63, 3.8) is 0 Å². The fourth-order valence-corrected chi connectivity index (χ4v) is 3.00. The minimum absolute atomic E-state index is 0.107. The minimum Gasteiger partial charge on any atom is -0.359 e. The van der Waals surface area contributed by atoms with Crippen LogP contribution in [0.5, 0.6) is 0 Å². The molecule has 5 heteroatoms. The van der Waals surface area contributed by atoms with Crippen LogP contribution in [0.3, 0.4) is 0 Å². The van der Waals surface area contributed by atoms with Crippen LogP contribution in [-0.4, -0.2) is 29.5 Å². The van der Waals surface area contributed by atoms with E-state index in [9.17, 15) is 4.79 Å². The van der Waals surface area contributed by atoms with Crippen molar-refractivity contribution in [3.05, 3.63) is 77.5 Å². The number of aromatic nitrogens is 2. The fourth-order valence-electron chi connectivity index (χ4n) is 3.00. The highest BCUT2D eigenvalue weighted by Gasteiger charge is 2.20. The van der Waals surface area contributed by atoms with Crippen LogP contribution >= 0.6 is 0 Å². The predicted octanol–water partition coefficient (Wildman–Crippen LogP) is 4.40. The van der Waals surface area contributed by atoms with Gasteiger partial charge in [-0.1, -0.05) is 54.1 Å². The van der Waals surface area contributed by atoms with Crippen molar-refractivity contribution in [2.45, 2.75) is 26.8 Å². The van der Waals surface area contributed by atoms with E-state index in [1.165, 1.54) is 0 Å². The van der Waals surface area contributed by atoms with Gasteiger partial charge in [-0.05, 0) is 32.4 Å². The summed E-state index contributed by atoms with van der Waals surface area (Å²) in [6.45, 7) is 6.77. The fraction of sp³-hybridized carbons (Fsp3) is 0.261. The molecule has 3 aromatic rings. The number of benzene rings is 2. The summed E-state index contributed by atoms with van der Waals surface area (Å²) in [4.78, 5) is 24.1. The summed E-state index contributed by atoms with van der Waals surface area (Å²) < 4.78 is 0. The van der Waals surface area contributed by atoms with E-state index in [1.807, 2.05) is 87.3 Å². The molecule has 0 saturated carbocycles. The number of anilines is 1. The molecule has 1 amide bonds. The lowest BCUT2D eigenvalue weighted by Gasteiger charge is -2.21. The van der Waals surface area contributed by atoms with Crippen molar-refractivity contribution in [2.24, 2.45) is 0 Å². The molecule has 1 heterocycles. The summed E-state index contributed by atoms with van der Waals surface area (Å²) in [6, 6.07) is 17.8. The average molecular weight is 374 g/mol. The van der Waals surface area contributed by atoms with E-state index in [0.717, 1.165) is 23.2 Å². The van der Waals surface area contributed by atoms with Crippen molar-refractivity contribution in [1.82, 2.24) is 15.3 Å². The summed E-state index contributed by atoms with van der Waals surface area (Å²) >= 11 is 0. The Morgan fingerprint density at radius 1 is 1.14 bits per heavy atom. The maximum Gasteiger partial charge on any atom is 0.257 e. The molecule has 0 spiro atoms. The molecular weight excluding hydrogens is 348 g/mol. The van der Waals surface area contributed by atoms with Crippen molar-refractivity contribution < 1.29 is 4.79 Å². The summed E-state index contributed by atoms with van der Waals surface area (Å²) in [5.74, 6) is 1.07. The third-order valence-corrected chi connectivity index (χ3v) is 4.77. The van der Waals surface area contributed by atoms with Crippen molar-refractivity contribution in [1.29, 1.82) is 0 Å². The van der Waals surface area contributed by atoms with E-state index in [2.05, 4.69) is 10.3 Å². The van der Waals surface area contributed by atoms with Gasteiger partial charge in [-0.25, -0.2) is 9.97 Å². The molecular formula is C23H26N4O. The average Bonchev–Trinajstić information content (AvgIpc) is 2.73. The number of aryl methyl sites for hydroxylation is 1. The highest BCUT2D eigenvalue weighted by molar-refractivity contribution is 5.99. The number of rotatable bonds is 6. The van der Waals surface area contributed by atoms with Crippen molar-refractivity contribution in [3.8, 4) is 11.4 Å². The second-order valence-corrected chi connectivity index (χ2v) is 6.92. The third-order valence-electron chi connectivity index (χ3n) is 4.77. The number of hydrogen-bond donors (Lipinski definition) is 1. The van der Waals surface area contributed by atoms with Crippen LogP contribution < -0.4 is 10.2 Å². The van der Waals surface area contributed by atoms with E-state index in [-0.39, 0.29) is 11.9 Å². The number of carbonyl (C=O) groups excluding carboxylic acids is 1. The molecule has 1 N–H and O–H groups in total. The Morgan fingerprint density at radius 2 is 1.89 bits per heavy atom. The Balaban J connectivity index is 1.92. The molecule has 0 saturated heterocycles. The molecule has 0 radical (unpaired) electrons. The van der Waals surface area contributed by atoms with E-state index in [4.69, 9.17) is 4.98 Å². The largest absolute Gasteiger partial charge is 0.359 e. The van der Waals surface area contributed by atoms with E-state index in [0.29, 0.717) is 17.2 Å². The van der Waals surface area contributed by atoms with Gasteiger partial charge in [0.05, 0.1) is 6.04 Å². The van der Waals surface area contributed by atoms with Gasteiger partial charge in [-0.3, -0.25) is 4.79 Å². The van der Waals surface area contributed by atoms with Crippen LogP contribution in [0.25, 0.3) is 11.4 Å². The van der Waals surface area contributed by atoms with Gasteiger partial charge in [0, 0.05) is 25.4 Å². The SMILES string of the molecule is CCN(C)c1nc(-c2cccc(C)c2)ncc1C(=O)N[C@H](C)c1ccccc1. The first kappa shape index (κ1) is 19.5. The number of carbonyl (C=O) groups is 1. The molecule has 1 atom stereocenters. The monoisotopic (exact) mass is 374 g/mol. The number of nitrogens with zero attached hydrogens (tertiary/aromatic N) is 3. The Bertz CT molecular complexity index is 956. The molecule has 5 nitrogen and oxygen atoms in total. The van der Waals surface area contributed by atoms with Gasteiger partial charge in [0.15, 0.2) is 5.82 Å². The van der Waals surface area contributed by atoms with Crippen molar-refractivity contribution >= 4 is 11.7 Å². The summed E-state index contributed by atoms with van der Waals surface area (Å²) in [7, 11) is 1.93. The lowest BCUT2D eigenvalue weighted by atomic mass is 10.1. The summed E-state index contributed by atoms with van der Waals surface area (Å²) in [5, 5.41) is 3.05. The molecule has 0 bridgehead atoms. The quantitative estimate of drug-likeness (QED) is 0.695.